The van der Waals surface area contributed by atoms with Crippen molar-refractivity contribution in [2.75, 3.05) is 6.54 Å². The molecule has 1 aromatic carbocycles. The van der Waals surface area contributed by atoms with Gasteiger partial charge in [-0.2, -0.15) is 18.2 Å². The van der Waals surface area contributed by atoms with Crippen molar-refractivity contribution in [1.82, 2.24) is 15.5 Å². The van der Waals surface area contributed by atoms with Crippen LogP contribution in [-0.4, -0.2) is 22.6 Å². The molecule has 22 heavy (non-hydrogen) atoms. The van der Waals surface area contributed by atoms with Crippen LogP contribution in [0.4, 0.5) is 13.2 Å². The van der Waals surface area contributed by atoms with Crippen molar-refractivity contribution in [3.8, 4) is 11.4 Å². The topological polar surface area (TPSA) is 68.0 Å². The highest BCUT2D eigenvalue weighted by molar-refractivity contribution is 5.94. The summed E-state index contributed by atoms with van der Waals surface area (Å²) in [7, 11) is 0. The number of hydrogen-bond donors (Lipinski definition) is 1. The summed E-state index contributed by atoms with van der Waals surface area (Å²) in [6.07, 6.45) is -4.69. The van der Waals surface area contributed by atoms with E-state index in [1.807, 2.05) is 0 Å². The minimum Gasteiger partial charge on any atom is -0.348 e. The van der Waals surface area contributed by atoms with Crippen LogP contribution in [0.1, 0.15) is 23.2 Å². The third kappa shape index (κ3) is 3.72. The molecule has 0 fully saturated rings. The molecule has 0 aliphatic rings. The van der Waals surface area contributed by atoms with Crippen molar-refractivity contribution >= 4 is 5.91 Å². The zero-order valence-corrected chi connectivity index (χ0v) is 11.6. The highest BCUT2D eigenvalue weighted by atomic mass is 19.4. The number of nitrogens with zero attached hydrogens (tertiary/aromatic N) is 2. The molecule has 5 nitrogen and oxygen atoms in total. The number of benzene rings is 1. The van der Waals surface area contributed by atoms with Gasteiger partial charge in [-0.1, -0.05) is 29.4 Å². The summed E-state index contributed by atoms with van der Waals surface area (Å²) in [5.74, 6) is -1.91. The molecule has 0 aliphatic heterocycles. The van der Waals surface area contributed by atoms with Crippen molar-refractivity contribution in [1.29, 1.82) is 0 Å². The van der Waals surface area contributed by atoms with Gasteiger partial charge in [0, 0.05) is 17.7 Å². The van der Waals surface area contributed by atoms with Gasteiger partial charge in [-0.05, 0) is 19.1 Å². The maximum atomic E-state index is 12.4. The minimum atomic E-state index is -4.69. The Morgan fingerprint density at radius 3 is 2.45 bits per heavy atom. The molecule has 1 amide bonds. The van der Waals surface area contributed by atoms with Gasteiger partial charge >= 0.3 is 12.1 Å². The monoisotopic (exact) mass is 311 g/mol. The number of carbonyl (C=O) groups excluding carboxylic acids is 1. The largest absolute Gasteiger partial charge is 0.471 e. The maximum absolute atomic E-state index is 12.4. The summed E-state index contributed by atoms with van der Waals surface area (Å²) in [5, 5.41) is 5.91. The molecule has 0 spiro atoms. The minimum absolute atomic E-state index is 0.193. The second-order valence-corrected chi connectivity index (χ2v) is 4.64. The predicted octanol–water partition coefficient (Wildman–Crippen LogP) is 3.06. The Labute approximate surface area is 123 Å². The molecule has 8 heteroatoms. The van der Waals surface area contributed by atoms with Crippen molar-refractivity contribution < 1.29 is 22.5 Å². The molecule has 1 aromatic heterocycles. The van der Waals surface area contributed by atoms with Crippen LogP contribution in [0, 0.1) is 0 Å². The van der Waals surface area contributed by atoms with Crippen LogP contribution < -0.4 is 5.32 Å². The van der Waals surface area contributed by atoms with E-state index in [2.05, 4.69) is 26.6 Å². The number of nitrogens with one attached hydrogen (secondary N) is 1. The molecule has 0 radical (unpaired) electrons. The number of amides is 1. The Bertz CT molecular complexity index is 690. The van der Waals surface area contributed by atoms with E-state index in [0.29, 0.717) is 17.7 Å². The third-order valence-electron chi connectivity index (χ3n) is 2.62. The second-order valence-electron chi connectivity index (χ2n) is 4.64. The van der Waals surface area contributed by atoms with Gasteiger partial charge in [0.1, 0.15) is 0 Å². The van der Waals surface area contributed by atoms with Crippen LogP contribution >= 0.6 is 0 Å². The van der Waals surface area contributed by atoms with Gasteiger partial charge in [0.15, 0.2) is 0 Å². The van der Waals surface area contributed by atoms with Gasteiger partial charge in [0.05, 0.1) is 0 Å². The fourth-order valence-corrected chi connectivity index (χ4v) is 1.56. The second kappa shape index (κ2) is 6.00. The molecule has 0 saturated carbocycles. The zero-order valence-electron chi connectivity index (χ0n) is 11.6. The Morgan fingerprint density at radius 1 is 1.32 bits per heavy atom. The smallest absolute Gasteiger partial charge is 0.348 e. The maximum Gasteiger partial charge on any atom is 0.471 e. The van der Waals surface area contributed by atoms with Crippen molar-refractivity contribution in [2.45, 2.75) is 13.1 Å². The summed E-state index contributed by atoms with van der Waals surface area (Å²) < 4.78 is 41.3. The molecule has 0 unspecified atom stereocenters. The molecular formula is C14H12F3N3O2. The van der Waals surface area contributed by atoms with E-state index in [1.54, 1.807) is 6.92 Å². The van der Waals surface area contributed by atoms with E-state index < -0.39 is 12.1 Å². The molecule has 116 valence electrons. The SMILES string of the molecule is C=C(C)CNC(=O)c1ccc(-c2noc(C(F)(F)F)n2)cc1. The number of rotatable bonds is 4. The first kappa shape index (κ1) is 15.7. The quantitative estimate of drug-likeness (QED) is 0.881. The van der Waals surface area contributed by atoms with E-state index in [4.69, 9.17) is 0 Å². The van der Waals surface area contributed by atoms with E-state index >= 15 is 0 Å². The highest BCUT2D eigenvalue weighted by Crippen LogP contribution is 2.29. The Hall–Kier alpha value is -2.64. The van der Waals surface area contributed by atoms with E-state index in [-0.39, 0.29) is 11.7 Å². The Kier molecular flexibility index (Phi) is 4.30. The summed E-state index contributed by atoms with van der Waals surface area (Å²) in [4.78, 5) is 15.1. The number of halogens is 3. The predicted molar refractivity (Wildman–Crippen MR) is 71.9 cm³/mol. The lowest BCUT2D eigenvalue weighted by Crippen LogP contribution is -2.24. The van der Waals surface area contributed by atoms with Crippen LogP contribution in [0.2, 0.25) is 0 Å². The molecule has 0 atom stereocenters. The third-order valence-corrected chi connectivity index (χ3v) is 2.62. The average Bonchev–Trinajstić information content (AvgIpc) is 2.94. The number of aromatic nitrogens is 2. The molecule has 0 aliphatic carbocycles. The summed E-state index contributed by atoms with van der Waals surface area (Å²) in [5.41, 5.74) is 1.48. The number of alkyl halides is 3. The van der Waals surface area contributed by atoms with Crippen LogP contribution in [0.3, 0.4) is 0 Å². The molecule has 1 N–H and O–H groups in total. The fraction of sp³-hybridized carbons (Fsp3) is 0.214. The van der Waals surface area contributed by atoms with Crippen molar-refractivity contribution in [3.05, 3.63) is 47.9 Å². The Balaban J connectivity index is 2.13. The molecule has 2 aromatic rings. The van der Waals surface area contributed by atoms with Crippen LogP contribution in [0.15, 0.2) is 40.9 Å². The van der Waals surface area contributed by atoms with Gasteiger partial charge in [-0.3, -0.25) is 4.79 Å². The van der Waals surface area contributed by atoms with Crippen LogP contribution in [0.5, 0.6) is 0 Å². The standard InChI is InChI=1S/C14H12F3N3O2/c1-8(2)7-18-12(21)10-5-3-9(4-6-10)11-19-13(22-20-11)14(15,16)17/h3-6H,1,7H2,2H3,(H,18,21). The lowest BCUT2D eigenvalue weighted by Gasteiger charge is -2.04. The first-order valence-electron chi connectivity index (χ1n) is 6.21. The van der Waals surface area contributed by atoms with E-state index in [9.17, 15) is 18.0 Å². The van der Waals surface area contributed by atoms with Crippen LogP contribution in [0.25, 0.3) is 11.4 Å². The molecule has 2 rings (SSSR count). The molecule has 0 saturated heterocycles. The fourth-order valence-electron chi connectivity index (χ4n) is 1.56. The molecule has 0 bridgehead atoms. The summed E-state index contributed by atoms with van der Waals surface area (Å²) in [6.45, 7) is 5.79. The number of hydrogen-bond acceptors (Lipinski definition) is 4. The summed E-state index contributed by atoms with van der Waals surface area (Å²) >= 11 is 0. The van der Waals surface area contributed by atoms with E-state index in [0.717, 1.165) is 5.57 Å². The number of carbonyl (C=O) groups is 1. The van der Waals surface area contributed by atoms with Gasteiger partial charge in [0.25, 0.3) is 5.91 Å². The lowest BCUT2D eigenvalue weighted by atomic mass is 10.1. The van der Waals surface area contributed by atoms with Gasteiger partial charge < -0.3 is 9.84 Å². The zero-order chi connectivity index (χ0) is 16.3. The van der Waals surface area contributed by atoms with Crippen LogP contribution in [-0.2, 0) is 6.18 Å². The highest BCUT2D eigenvalue weighted by Gasteiger charge is 2.38. The van der Waals surface area contributed by atoms with Crippen molar-refractivity contribution in [3.63, 3.8) is 0 Å². The Morgan fingerprint density at radius 2 is 1.95 bits per heavy atom. The molecule has 1 heterocycles. The normalized spacial score (nSPS) is 11.3. The first-order chi connectivity index (χ1) is 10.3. The van der Waals surface area contributed by atoms with Gasteiger partial charge in [-0.25, -0.2) is 0 Å². The van der Waals surface area contributed by atoms with E-state index in [1.165, 1.54) is 24.3 Å². The van der Waals surface area contributed by atoms with Gasteiger partial charge in [0.2, 0.25) is 5.82 Å². The lowest BCUT2D eigenvalue weighted by molar-refractivity contribution is -0.159. The first-order valence-corrected chi connectivity index (χ1v) is 6.21. The summed E-state index contributed by atoms with van der Waals surface area (Å²) in [6, 6.07) is 5.82. The van der Waals surface area contributed by atoms with Gasteiger partial charge in [-0.15, -0.1) is 0 Å². The average molecular weight is 311 g/mol. The molecular weight excluding hydrogens is 299 g/mol. The van der Waals surface area contributed by atoms with Crippen molar-refractivity contribution in [2.24, 2.45) is 0 Å².